The Morgan fingerprint density at radius 3 is 3.05 bits per heavy atom. The number of carbonyl (C=O) groups excluding carboxylic acids is 1. The van der Waals surface area contributed by atoms with E-state index in [1.54, 1.807) is 11.9 Å². The first-order valence-corrected chi connectivity index (χ1v) is 8.03. The molecule has 1 fully saturated rings. The van der Waals surface area contributed by atoms with Crippen molar-refractivity contribution in [2.75, 3.05) is 25.2 Å². The van der Waals surface area contributed by atoms with Gasteiger partial charge < -0.3 is 10.0 Å². The first-order valence-electron chi connectivity index (χ1n) is 6.87. The lowest BCUT2D eigenvalue weighted by Gasteiger charge is -2.24. The Labute approximate surface area is 128 Å². The maximum absolute atomic E-state index is 13.5. The van der Waals surface area contributed by atoms with Crippen molar-refractivity contribution in [2.24, 2.45) is 0 Å². The van der Waals surface area contributed by atoms with Crippen LogP contribution in [0.1, 0.15) is 28.8 Å². The zero-order valence-electron chi connectivity index (χ0n) is 11.9. The number of aliphatic hydroxyl groups excluding tert-OH is 1. The van der Waals surface area contributed by atoms with Gasteiger partial charge in [-0.05, 0) is 30.4 Å². The van der Waals surface area contributed by atoms with Crippen LogP contribution in [-0.2, 0) is 0 Å². The van der Waals surface area contributed by atoms with E-state index in [0.717, 1.165) is 17.9 Å². The van der Waals surface area contributed by atoms with E-state index in [1.807, 2.05) is 11.8 Å². The Kier molecular flexibility index (Phi) is 5.66. The standard InChI is InChI=1S/C16H18FNO2S/c1-18(14-7-9-21-11-14)16(20)15-10-13(17)6-5-12(15)4-2-3-8-19/h5-6,10,14,19H,3,7-9,11H2,1H3. The summed E-state index contributed by atoms with van der Waals surface area (Å²) in [6.45, 7) is -0.0311. The first-order chi connectivity index (χ1) is 10.1. The van der Waals surface area contributed by atoms with E-state index in [2.05, 4.69) is 11.8 Å². The lowest BCUT2D eigenvalue weighted by Crippen LogP contribution is -2.37. The molecule has 1 saturated heterocycles. The zero-order valence-corrected chi connectivity index (χ0v) is 12.8. The topological polar surface area (TPSA) is 40.5 Å². The summed E-state index contributed by atoms with van der Waals surface area (Å²) in [6, 6.07) is 4.25. The van der Waals surface area contributed by atoms with Crippen LogP contribution in [0.4, 0.5) is 4.39 Å². The van der Waals surface area contributed by atoms with Crippen LogP contribution in [0.2, 0.25) is 0 Å². The highest BCUT2D eigenvalue weighted by atomic mass is 32.2. The average molecular weight is 307 g/mol. The number of aliphatic hydroxyl groups is 1. The number of hydrogen-bond acceptors (Lipinski definition) is 3. The van der Waals surface area contributed by atoms with Crippen LogP contribution >= 0.6 is 11.8 Å². The van der Waals surface area contributed by atoms with E-state index >= 15 is 0 Å². The van der Waals surface area contributed by atoms with Crippen LogP contribution in [0.3, 0.4) is 0 Å². The number of benzene rings is 1. The van der Waals surface area contributed by atoms with Gasteiger partial charge in [-0.3, -0.25) is 4.79 Å². The lowest BCUT2D eigenvalue weighted by atomic mass is 10.1. The molecule has 1 aromatic carbocycles. The van der Waals surface area contributed by atoms with Crippen LogP contribution in [0.5, 0.6) is 0 Å². The van der Waals surface area contributed by atoms with Gasteiger partial charge in [0.25, 0.3) is 5.91 Å². The molecule has 0 saturated carbocycles. The summed E-state index contributed by atoms with van der Waals surface area (Å²) in [6.07, 6.45) is 1.30. The fraction of sp³-hybridized carbons (Fsp3) is 0.438. The Morgan fingerprint density at radius 2 is 2.38 bits per heavy atom. The fourth-order valence-corrected chi connectivity index (χ4v) is 3.47. The zero-order chi connectivity index (χ0) is 15.2. The van der Waals surface area contributed by atoms with Gasteiger partial charge in [0.1, 0.15) is 5.82 Å². The summed E-state index contributed by atoms with van der Waals surface area (Å²) in [5.74, 6) is 6.94. The van der Waals surface area contributed by atoms with Crippen LogP contribution < -0.4 is 0 Å². The molecule has 1 N–H and O–H groups in total. The van der Waals surface area contributed by atoms with Crippen molar-refractivity contribution in [3.8, 4) is 11.8 Å². The molecule has 0 aromatic heterocycles. The summed E-state index contributed by atoms with van der Waals surface area (Å²) >= 11 is 1.82. The third kappa shape index (κ3) is 3.99. The molecule has 21 heavy (non-hydrogen) atoms. The largest absolute Gasteiger partial charge is 0.395 e. The van der Waals surface area contributed by atoms with E-state index < -0.39 is 5.82 Å². The number of rotatable bonds is 3. The highest BCUT2D eigenvalue weighted by Crippen LogP contribution is 2.23. The smallest absolute Gasteiger partial charge is 0.255 e. The minimum atomic E-state index is -0.444. The Bertz CT molecular complexity index is 573. The molecule has 1 aliphatic rings. The van der Waals surface area contributed by atoms with E-state index in [1.165, 1.54) is 18.2 Å². The molecule has 0 spiro atoms. The third-order valence-electron chi connectivity index (χ3n) is 3.45. The SMILES string of the molecule is CN(C(=O)c1cc(F)ccc1C#CCCO)C1CCSC1. The van der Waals surface area contributed by atoms with Crippen molar-refractivity contribution in [3.05, 3.63) is 35.1 Å². The van der Waals surface area contributed by atoms with Crippen molar-refractivity contribution in [1.82, 2.24) is 4.90 Å². The fourth-order valence-electron chi connectivity index (χ4n) is 2.20. The molecule has 5 heteroatoms. The molecular formula is C16H18FNO2S. The van der Waals surface area contributed by atoms with Gasteiger partial charge in [0, 0.05) is 30.8 Å². The van der Waals surface area contributed by atoms with Crippen LogP contribution in [-0.4, -0.2) is 47.1 Å². The normalized spacial score (nSPS) is 17.2. The minimum absolute atomic E-state index is 0.0311. The molecule has 2 rings (SSSR count). The molecule has 0 bridgehead atoms. The van der Waals surface area contributed by atoms with Gasteiger partial charge >= 0.3 is 0 Å². The monoisotopic (exact) mass is 307 g/mol. The van der Waals surface area contributed by atoms with E-state index in [-0.39, 0.29) is 18.6 Å². The summed E-state index contributed by atoms with van der Waals surface area (Å²) in [7, 11) is 1.76. The molecule has 1 heterocycles. The maximum atomic E-state index is 13.5. The van der Waals surface area contributed by atoms with Gasteiger partial charge in [0.05, 0.1) is 12.2 Å². The van der Waals surface area contributed by atoms with Crippen molar-refractivity contribution in [1.29, 1.82) is 0 Å². The van der Waals surface area contributed by atoms with Gasteiger partial charge in [-0.15, -0.1) is 0 Å². The van der Waals surface area contributed by atoms with Gasteiger partial charge in [-0.2, -0.15) is 11.8 Å². The highest BCUT2D eigenvalue weighted by molar-refractivity contribution is 7.99. The summed E-state index contributed by atoms with van der Waals surface area (Å²) in [4.78, 5) is 14.3. The third-order valence-corrected chi connectivity index (χ3v) is 4.59. The summed E-state index contributed by atoms with van der Waals surface area (Å²) in [5, 5.41) is 8.76. The molecule has 1 atom stereocenters. The minimum Gasteiger partial charge on any atom is -0.395 e. The van der Waals surface area contributed by atoms with Gasteiger partial charge in [-0.25, -0.2) is 4.39 Å². The second-order valence-corrected chi connectivity index (χ2v) is 6.05. The van der Waals surface area contributed by atoms with Crippen molar-refractivity contribution < 1.29 is 14.3 Å². The molecular weight excluding hydrogens is 289 g/mol. The van der Waals surface area contributed by atoms with Crippen molar-refractivity contribution in [3.63, 3.8) is 0 Å². The molecule has 1 amide bonds. The highest BCUT2D eigenvalue weighted by Gasteiger charge is 2.26. The van der Waals surface area contributed by atoms with Gasteiger partial charge in [0.2, 0.25) is 0 Å². The number of carbonyl (C=O) groups is 1. The second kappa shape index (κ2) is 7.48. The molecule has 1 unspecified atom stereocenters. The predicted octanol–water partition coefficient (Wildman–Crippen LogP) is 2.14. The summed E-state index contributed by atoms with van der Waals surface area (Å²) < 4.78 is 13.5. The molecule has 3 nitrogen and oxygen atoms in total. The van der Waals surface area contributed by atoms with E-state index in [0.29, 0.717) is 17.5 Å². The molecule has 0 aliphatic carbocycles. The number of thioether (sulfide) groups is 1. The molecule has 1 aliphatic heterocycles. The number of hydrogen-bond donors (Lipinski definition) is 1. The van der Waals surface area contributed by atoms with Crippen molar-refractivity contribution >= 4 is 17.7 Å². The Balaban J connectivity index is 2.26. The van der Waals surface area contributed by atoms with E-state index in [4.69, 9.17) is 5.11 Å². The van der Waals surface area contributed by atoms with E-state index in [9.17, 15) is 9.18 Å². The molecule has 1 aromatic rings. The number of halogens is 1. The molecule has 112 valence electrons. The average Bonchev–Trinajstić information content (AvgIpc) is 3.01. The van der Waals surface area contributed by atoms with Crippen LogP contribution in [0.15, 0.2) is 18.2 Å². The second-order valence-electron chi connectivity index (χ2n) is 4.90. The number of amides is 1. The first kappa shape index (κ1) is 15.9. The van der Waals surface area contributed by atoms with Gasteiger partial charge in [-0.1, -0.05) is 11.8 Å². The number of nitrogens with zero attached hydrogens (tertiary/aromatic N) is 1. The summed E-state index contributed by atoms with van der Waals surface area (Å²) in [5.41, 5.74) is 0.798. The Hall–Kier alpha value is -1.51. The van der Waals surface area contributed by atoms with Crippen LogP contribution in [0.25, 0.3) is 0 Å². The predicted molar refractivity (Wildman–Crippen MR) is 82.8 cm³/mol. The van der Waals surface area contributed by atoms with Gasteiger partial charge in [0.15, 0.2) is 0 Å². The lowest BCUT2D eigenvalue weighted by molar-refractivity contribution is 0.0747. The quantitative estimate of drug-likeness (QED) is 0.870. The van der Waals surface area contributed by atoms with Crippen molar-refractivity contribution in [2.45, 2.75) is 18.9 Å². The maximum Gasteiger partial charge on any atom is 0.255 e. The molecule has 0 radical (unpaired) electrons. The Morgan fingerprint density at radius 1 is 1.57 bits per heavy atom. The van der Waals surface area contributed by atoms with Crippen LogP contribution in [0, 0.1) is 17.7 Å².